The van der Waals surface area contributed by atoms with Crippen molar-refractivity contribution in [2.45, 2.75) is 51.1 Å². The molecule has 43 heavy (non-hydrogen) atoms. The average molecular weight is 600 g/mol. The summed E-state index contributed by atoms with van der Waals surface area (Å²) in [6.07, 6.45) is 9.00. The first kappa shape index (κ1) is 28.4. The second kappa shape index (κ2) is 10.6. The maximum Gasteiger partial charge on any atom is 0.228 e. The van der Waals surface area contributed by atoms with Crippen molar-refractivity contribution < 1.29 is 9.50 Å². The Morgan fingerprint density at radius 1 is 1.09 bits per heavy atom. The highest BCUT2D eigenvalue weighted by Crippen LogP contribution is 2.48. The number of aromatic hydroxyl groups is 1. The standard InChI is InChI=1S/C35H39ClFN5O/c1-21-22-10-7-8-15-42(35(21,2)14-9-12-22)33-28-18-29(36)30(27-17-25(43)16-23-11-5-6-13-26(23)27)31(37)32(28)38-34(39-33)41-19-24(20-41)40(3)4/h5-7,10-11,13,16-18,21-22,24,43H,8-9,12,14-15,19-20H2,1-4H3/b10-7+/t21-,22?,35+/m1/s1. The summed E-state index contributed by atoms with van der Waals surface area (Å²) in [6.45, 7) is 7.07. The molecular formula is C35H39ClFN5O. The van der Waals surface area contributed by atoms with Crippen LogP contribution in [0.25, 0.3) is 32.8 Å². The third-order valence-corrected chi connectivity index (χ3v) is 10.8. The number of likely N-dealkylation sites (N-methyl/N-ethyl adjacent to an activating group) is 1. The van der Waals surface area contributed by atoms with Crippen LogP contribution in [0.2, 0.25) is 5.02 Å². The van der Waals surface area contributed by atoms with Gasteiger partial charge >= 0.3 is 0 Å². The smallest absolute Gasteiger partial charge is 0.228 e. The fourth-order valence-electron chi connectivity index (χ4n) is 7.57. The highest BCUT2D eigenvalue weighted by molar-refractivity contribution is 6.35. The fourth-order valence-corrected chi connectivity index (χ4v) is 7.86. The van der Waals surface area contributed by atoms with E-state index in [9.17, 15) is 5.11 Å². The van der Waals surface area contributed by atoms with E-state index in [4.69, 9.17) is 21.6 Å². The molecule has 3 atom stereocenters. The van der Waals surface area contributed by atoms with Crippen LogP contribution in [0.3, 0.4) is 0 Å². The van der Waals surface area contributed by atoms with E-state index in [2.05, 4.69) is 54.8 Å². The summed E-state index contributed by atoms with van der Waals surface area (Å²) < 4.78 is 17.0. The van der Waals surface area contributed by atoms with Crippen molar-refractivity contribution in [1.82, 2.24) is 14.9 Å². The summed E-state index contributed by atoms with van der Waals surface area (Å²) in [6, 6.07) is 13.2. The molecule has 0 radical (unpaired) electrons. The fraction of sp³-hybridized carbons (Fsp3) is 0.429. The number of hydrogen-bond donors (Lipinski definition) is 1. The van der Waals surface area contributed by atoms with E-state index in [1.54, 1.807) is 12.1 Å². The lowest BCUT2D eigenvalue weighted by Crippen LogP contribution is -2.58. The van der Waals surface area contributed by atoms with Crippen LogP contribution in [0.15, 0.2) is 54.6 Å². The predicted octanol–water partition coefficient (Wildman–Crippen LogP) is 7.66. The molecule has 3 aliphatic rings. The molecule has 1 saturated heterocycles. The molecular weight excluding hydrogens is 561 g/mol. The van der Waals surface area contributed by atoms with Gasteiger partial charge in [0, 0.05) is 42.2 Å². The number of benzene rings is 3. The summed E-state index contributed by atoms with van der Waals surface area (Å²) >= 11 is 7.00. The molecule has 1 aromatic heterocycles. The number of allylic oxidation sites excluding steroid dienone is 1. The first-order chi connectivity index (χ1) is 20.7. The van der Waals surface area contributed by atoms with Gasteiger partial charge in [0.1, 0.15) is 17.1 Å². The first-order valence-electron chi connectivity index (χ1n) is 15.4. The second-order valence-corrected chi connectivity index (χ2v) is 13.5. The third kappa shape index (κ3) is 4.63. The van der Waals surface area contributed by atoms with Crippen molar-refractivity contribution in [3.05, 3.63) is 65.5 Å². The quantitative estimate of drug-likeness (QED) is 0.243. The van der Waals surface area contributed by atoms with Crippen molar-refractivity contribution in [2.24, 2.45) is 11.8 Å². The van der Waals surface area contributed by atoms with Crippen molar-refractivity contribution in [2.75, 3.05) is 43.5 Å². The van der Waals surface area contributed by atoms with Crippen LogP contribution < -0.4 is 9.80 Å². The molecule has 0 spiro atoms. The van der Waals surface area contributed by atoms with E-state index in [1.807, 2.05) is 30.3 Å². The highest BCUT2D eigenvalue weighted by Gasteiger charge is 2.45. The van der Waals surface area contributed by atoms with Crippen molar-refractivity contribution in [3.63, 3.8) is 0 Å². The molecule has 2 aliphatic heterocycles. The number of hydrogen-bond acceptors (Lipinski definition) is 6. The summed E-state index contributed by atoms with van der Waals surface area (Å²) in [5.74, 6) is 1.80. The molecule has 2 bridgehead atoms. The first-order valence-corrected chi connectivity index (χ1v) is 15.8. The summed E-state index contributed by atoms with van der Waals surface area (Å²) in [5, 5.41) is 13.1. The molecule has 0 amide bonds. The van der Waals surface area contributed by atoms with Gasteiger partial charge in [0.05, 0.1) is 5.02 Å². The molecule has 2 fully saturated rings. The van der Waals surface area contributed by atoms with Gasteiger partial charge in [0.25, 0.3) is 0 Å². The van der Waals surface area contributed by atoms with Crippen LogP contribution in [0.5, 0.6) is 5.75 Å². The lowest BCUT2D eigenvalue weighted by Gasteiger charge is -2.52. The number of halogens is 2. The van der Waals surface area contributed by atoms with Crippen LogP contribution in [-0.2, 0) is 0 Å². The lowest BCUT2D eigenvalue weighted by molar-refractivity contribution is 0.162. The van der Waals surface area contributed by atoms with Gasteiger partial charge in [0.15, 0.2) is 5.82 Å². The maximum atomic E-state index is 17.0. The molecule has 224 valence electrons. The van der Waals surface area contributed by atoms with E-state index in [-0.39, 0.29) is 27.4 Å². The minimum atomic E-state index is -0.487. The Hall–Kier alpha value is -3.42. The molecule has 7 rings (SSSR count). The van der Waals surface area contributed by atoms with Crippen LogP contribution in [0, 0.1) is 17.7 Å². The molecule has 6 nitrogen and oxygen atoms in total. The molecule has 1 saturated carbocycles. The van der Waals surface area contributed by atoms with Gasteiger partial charge in [-0.25, -0.2) is 9.37 Å². The SMILES string of the molecule is C[C@@H]1C2/C=C/CCN(c3nc(N4CC(N(C)C)C4)nc4c(F)c(-c5cc(O)cc6ccccc56)c(Cl)cc34)[C@@]1(C)CCC2. The number of aromatic nitrogens is 2. The topological polar surface area (TPSA) is 55.7 Å². The minimum Gasteiger partial charge on any atom is -0.508 e. The van der Waals surface area contributed by atoms with Gasteiger partial charge in [-0.1, -0.05) is 61.4 Å². The van der Waals surface area contributed by atoms with Crippen LogP contribution in [0.1, 0.15) is 39.5 Å². The van der Waals surface area contributed by atoms with Gasteiger partial charge < -0.3 is 19.8 Å². The van der Waals surface area contributed by atoms with E-state index < -0.39 is 5.82 Å². The number of fused-ring (bicyclic) bond motifs is 4. The monoisotopic (exact) mass is 599 g/mol. The van der Waals surface area contributed by atoms with E-state index in [1.165, 1.54) is 6.42 Å². The number of rotatable bonds is 4. The third-order valence-electron chi connectivity index (χ3n) is 10.5. The Morgan fingerprint density at radius 2 is 1.88 bits per heavy atom. The minimum absolute atomic E-state index is 0.0612. The Balaban J connectivity index is 1.47. The van der Waals surface area contributed by atoms with Crippen LogP contribution >= 0.6 is 11.6 Å². The zero-order valence-corrected chi connectivity index (χ0v) is 26.1. The zero-order chi connectivity index (χ0) is 30.0. The normalized spacial score (nSPS) is 25.2. The van der Waals surface area contributed by atoms with E-state index in [0.29, 0.717) is 34.8 Å². The van der Waals surface area contributed by atoms with Gasteiger partial charge in [0.2, 0.25) is 5.95 Å². The van der Waals surface area contributed by atoms with Crippen molar-refractivity contribution in [1.29, 1.82) is 0 Å². The predicted molar refractivity (Wildman–Crippen MR) is 175 cm³/mol. The summed E-state index contributed by atoms with van der Waals surface area (Å²) in [7, 11) is 4.16. The number of anilines is 2. The number of nitrogens with zero attached hydrogens (tertiary/aromatic N) is 5. The molecule has 4 aromatic rings. The van der Waals surface area contributed by atoms with Crippen LogP contribution in [0.4, 0.5) is 16.2 Å². The molecule has 3 aromatic carbocycles. The number of phenolic OH excluding ortho intramolecular Hbond substituents is 1. The maximum absolute atomic E-state index is 17.0. The van der Waals surface area contributed by atoms with Gasteiger partial charge in [-0.15, -0.1) is 0 Å². The summed E-state index contributed by atoms with van der Waals surface area (Å²) in [4.78, 5) is 16.9. The summed E-state index contributed by atoms with van der Waals surface area (Å²) in [5.41, 5.74) is 0.919. The zero-order valence-electron chi connectivity index (χ0n) is 25.3. The molecule has 3 heterocycles. The van der Waals surface area contributed by atoms with E-state index in [0.717, 1.165) is 55.5 Å². The largest absolute Gasteiger partial charge is 0.508 e. The Kier molecular flexibility index (Phi) is 7.01. The van der Waals surface area contributed by atoms with Crippen LogP contribution in [-0.4, -0.2) is 65.3 Å². The Labute approximate surface area is 257 Å². The van der Waals surface area contributed by atoms with Crippen molar-refractivity contribution in [3.8, 4) is 16.9 Å². The molecule has 1 N–H and O–H groups in total. The molecule has 1 unspecified atom stereocenters. The highest BCUT2D eigenvalue weighted by atomic mass is 35.5. The average Bonchev–Trinajstić information content (AvgIpc) is 2.94. The van der Waals surface area contributed by atoms with Gasteiger partial charge in [-0.2, -0.15) is 4.98 Å². The van der Waals surface area contributed by atoms with Gasteiger partial charge in [-0.3, -0.25) is 0 Å². The van der Waals surface area contributed by atoms with E-state index >= 15 is 4.39 Å². The lowest BCUT2D eigenvalue weighted by atomic mass is 9.67. The second-order valence-electron chi connectivity index (χ2n) is 13.1. The van der Waals surface area contributed by atoms with Crippen molar-refractivity contribution >= 4 is 45.0 Å². The Morgan fingerprint density at radius 3 is 2.67 bits per heavy atom. The number of phenols is 1. The molecule has 8 heteroatoms. The molecule has 1 aliphatic carbocycles. The van der Waals surface area contributed by atoms with Gasteiger partial charge in [-0.05, 0) is 86.7 Å². The Bertz CT molecular complexity index is 1750.